The van der Waals surface area contributed by atoms with Crippen molar-refractivity contribution in [2.45, 2.75) is 18.9 Å². The van der Waals surface area contributed by atoms with E-state index in [2.05, 4.69) is 10.6 Å². The molecule has 1 aromatic heterocycles. The number of hydrogen-bond acceptors (Lipinski definition) is 3. The smallest absolute Gasteiger partial charge is 0.243 e. The van der Waals surface area contributed by atoms with Gasteiger partial charge in [-0.2, -0.15) is 5.26 Å². The fourth-order valence-electron chi connectivity index (χ4n) is 4.46. The van der Waals surface area contributed by atoms with Crippen LogP contribution < -0.4 is 4.90 Å². The molecule has 2 atom stereocenters. The number of hydrogen-bond donors (Lipinski definition) is 0. The molecule has 0 saturated carbocycles. The van der Waals surface area contributed by atoms with Gasteiger partial charge < -0.3 is 4.57 Å². The van der Waals surface area contributed by atoms with E-state index >= 15 is 0 Å². The summed E-state index contributed by atoms with van der Waals surface area (Å²) in [5, 5.41) is 10.3. The lowest BCUT2D eigenvalue weighted by molar-refractivity contribution is -0.122. The Labute approximate surface area is 150 Å². The van der Waals surface area contributed by atoms with Gasteiger partial charge >= 0.3 is 0 Å². The van der Waals surface area contributed by atoms with Crippen molar-refractivity contribution in [3.05, 3.63) is 65.9 Å². The van der Waals surface area contributed by atoms with Crippen molar-refractivity contribution in [3.8, 4) is 6.07 Å². The van der Waals surface area contributed by atoms with Crippen LogP contribution in [0.3, 0.4) is 0 Å². The SMILES string of the molecule is N#CCc1c2n(c3ccccc13)C[C@H]1C(=O)N(c3ccccc3)C(=O)[C@@H]21. The van der Waals surface area contributed by atoms with Crippen LogP contribution >= 0.6 is 0 Å². The number of carbonyl (C=O) groups excluding carboxylic acids is 2. The zero-order valence-electron chi connectivity index (χ0n) is 13.9. The van der Waals surface area contributed by atoms with Gasteiger partial charge in [-0.15, -0.1) is 0 Å². The number of aromatic nitrogens is 1. The van der Waals surface area contributed by atoms with Crippen LogP contribution in [0, 0.1) is 17.2 Å². The molecular weight excluding hydrogens is 326 g/mol. The predicted molar refractivity (Wildman–Crippen MR) is 96.4 cm³/mol. The Morgan fingerprint density at radius 3 is 2.50 bits per heavy atom. The van der Waals surface area contributed by atoms with Gasteiger partial charge in [0, 0.05) is 23.1 Å². The predicted octanol–water partition coefficient (Wildman–Crippen LogP) is 2.99. The van der Waals surface area contributed by atoms with Gasteiger partial charge in [0.1, 0.15) is 0 Å². The first-order chi connectivity index (χ1) is 12.7. The van der Waals surface area contributed by atoms with Crippen LogP contribution in [0.4, 0.5) is 5.69 Å². The molecule has 5 heteroatoms. The summed E-state index contributed by atoms with van der Waals surface area (Å²) in [7, 11) is 0. The zero-order chi connectivity index (χ0) is 17.8. The number of anilines is 1. The molecule has 1 saturated heterocycles. The third-order valence-corrected chi connectivity index (χ3v) is 5.49. The molecule has 126 valence electrons. The van der Waals surface area contributed by atoms with Gasteiger partial charge in [0.15, 0.2) is 0 Å². The third-order valence-electron chi connectivity index (χ3n) is 5.49. The summed E-state index contributed by atoms with van der Waals surface area (Å²) in [4.78, 5) is 27.5. The molecule has 0 spiro atoms. The lowest BCUT2D eigenvalue weighted by Gasteiger charge is -2.16. The number of nitriles is 1. The summed E-state index contributed by atoms with van der Waals surface area (Å²) in [6, 6.07) is 19.1. The van der Waals surface area contributed by atoms with Crippen molar-refractivity contribution in [2.75, 3.05) is 4.90 Å². The van der Waals surface area contributed by atoms with E-state index in [-0.39, 0.29) is 24.2 Å². The molecule has 0 radical (unpaired) electrons. The Morgan fingerprint density at radius 1 is 1.00 bits per heavy atom. The van der Waals surface area contributed by atoms with Crippen molar-refractivity contribution in [1.82, 2.24) is 4.57 Å². The van der Waals surface area contributed by atoms with Crippen molar-refractivity contribution in [2.24, 2.45) is 5.92 Å². The second-order valence-electron chi connectivity index (χ2n) is 6.76. The maximum atomic E-state index is 13.2. The minimum absolute atomic E-state index is 0.151. The second-order valence-corrected chi connectivity index (χ2v) is 6.76. The highest BCUT2D eigenvalue weighted by Gasteiger charge is 2.54. The van der Waals surface area contributed by atoms with E-state index < -0.39 is 5.92 Å². The summed E-state index contributed by atoms with van der Waals surface area (Å²) in [6.07, 6.45) is 0.235. The zero-order valence-corrected chi connectivity index (χ0v) is 13.9. The van der Waals surface area contributed by atoms with Gasteiger partial charge in [-0.05, 0) is 23.8 Å². The van der Waals surface area contributed by atoms with E-state index in [4.69, 9.17) is 0 Å². The fraction of sp³-hybridized carbons (Fsp3) is 0.190. The van der Waals surface area contributed by atoms with E-state index in [1.54, 1.807) is 12.1 Å². The fourth-order valence-corrected chi connectivity index (χ4v) is 4.46. The largest absolute Gasteiger partial charge is 0.343 e. The number of amides is 2. The molecule has 0 bridgehead atoms. The van der Waals surface area contributed by atoms with E-state index in [0.717, 1.165) is 22.2 Å². The molecule has 2 aliphatic heterocycles. The van der Waals surface area contributed by atoms with E-state index in [0.29, 0.717) is 12.2 Å². The minimum atomic E-state index is -0.501. The summed E-state index contributed by atoms with van der Waals surface area (Å²) in [5.74, 6) is -1.23. The van der Waals surface area contributed by atoms with Gasteiger partial charge in [-0.3, -0.25) is 9.59 Å². The van der Waals surface area contributed by atoms with Crippen molar-refractivity contribution in [3.63, 3.8) is 0 Å². The number of para-hydroxylation sites is 2. The molecule has 26 heavy (non-hydrogen) atoms. The molecule has 2 amide bonds. The molecule has 2 aromatic carbocycles. The quantitative estimate of drug-likeness (QED) is 0.673. The van der Waals surface area contributed by atoms with Gasteiger partial charge in [-0.1, -0.05) is 36.4 Å². The highest BCUT2D eigenvalue weighted by molar-refractivity contribution is 6.24. The van der Waals surface area contributed by atoms with E-state index in [1.165, 1.54) is 4.90 Å². The first-order valence-corrected chi connectivity index (χ1v) is 8.62. The Bertz CT molecular complexity index is 1110. The molecular formula is C21H15N3O2. The maximum Gasteiger partial charge on any atom is 0.243 e. The van der Waals surface area contributed by atoms with Crippen molar-refractivity contribution in [1.29, 1.82) is 5.26 Å². The van der Waals surface area contributed by atoms with Crippen molar-refractivity contribution >= 4 is 28.4 Å². The molecule has 5 rings (SSSR count). The van der Waals surface area contributed by atoms with Gasteiger partial charge in [0.05, 0.1) is 30.0 Å². The summed E-state index contributed by atoms with van der Waals surface area (Å²) in [6.45, 7) is 0.486. The standard InChI is InChI=1S/C21H15N3O2/c22-11-10-15-14-8-4-5-9-17(14)23-12-16-18(19(15)23)21(26)24(20(16)25)13-6-2-1-3-7-13/h1-9,16,18H,10,12H2/t16-,18-/m1/s1. The number of carbonyl (C=O) groups is 2. The van der Waals surface area contributed by atoms with Crippen LogP contribution in [0.2, 0.25) is 0 Å². The second kappa shape index (κ2) is 5.30. The van der Waals surface area contributed by atoms with Crippen molar-refractivity contribution < 1.29 is 9.59 Å². The van der Waals surface area contributed by atoms with Gasteiger partial charge in [0.25, 0.3) is 0 Å². The summed E-state index contributed by atoms with van der Waals surface area (Å²) in [5.41, 5.74) is 3.33. The molecule has 3 heterocycles. The Hall–Kier alpha value is -3.39. The topological polar surface area (TPSA) is 66.1 Å². The van der Waals surface area contributed by atoms with Gasteiger partial charge in [0.2, 0.25) is 11.8 Å². The van der Waals surface area contributed by atoms with Gasteiger partial charge in [-0.25, -0.2) is 4.90 Å². The molecule has 5 nitrogen and oxygen atoms in total. The van der Waals surface area contributed by atoms with Crippen LogP contribution in [0.5, 0.6) is 0 Å². The van der Waals surface area contributed by atoms with Crippen LogP contribution in [-0.2, 0) is 22.6 Å². The molecule has 2 aliphatic rings. The average molecular weight is 341 g/mol. The monoisotopic (exact) mass is 341 g/mol. The maximum absolute atomic E-state index is 13.2. The molecule has 1 fully saturated rings. The molecule has 0 unspecified atom stereocenters. The van der Waals surface area contributed by atoms with Crippen LogP contribution in [0.1, 0.15) is 17.2 Å². The third kappa shape index (κ3) is 1.79. The van der Waals surface area contributed by atoms with E-state index in [9.17, 15) is 14.9 Å². The van der Waals surface area contributed by atoms with E-state index in [1.807, 2.05) is 42.5 Å². The normalized spacial score (nSPS) is 21.1. The average Bonchev–Trinajstić information content (AvgIpc) is 3.26. The van der Waals surface area contributed by atoms with Crippen LogP contribution in [0.25, 0.3) is 10.9 Å². The first-order valence-electron chi connectivity index (χ1n) is 8.62. The highest BCUT2D eigenvalue weighted by atomic mass is 16.2. The Balaban J connectivity index is 1.69. The summed E-state index contributed by atoms with van der Waals surface area (Å²) < 4.78 is 2.06. The minimum Gasteiger partial charge on any atom is -0.343 e. The lowest BCUT2D eigenvalue weighted by Crippen LogP contribution is -2.32. The Morgan fingerprint density at radius 2 is 1.73 bits per heavy atom. The molecule has 0 N–H and O–H groups in total. The number of nitrogens with zero attached hydrogens (tertiary/aromatic N) is 3. The highest BCUT2D eigenvalue weighted by Crippen LogP contribution is 2.47. The summed E-state index contributed by atoms with van der Waals surface area (Å²) >= 11 is 0. The first kappa shape index (κ1) is 14.9. The number of imide groups is 1. The molecule has 3 aromatic rings. The van der Waals surface area contributed by atoms with Crippen LogP contribution in [0.15, 0.2) is 54.6 Å². The number of rotatable bonds is 2. The lowest BCUT2D eigenvalue weighted by atomic mass is 9.91. The number of benzene rings is 2. The van der Waals surface area contributed by atoms with Crippen LogP contribution in [-0.4, -0.2) is 16.4 Å². The molecule has 0 aliphatic carbocycles. The Kier molecular flexibility index (Phi) is 3.04. The number of fused-ring (bicyclic) bond motifs is 5.